The summed E-state index contributed by atoms with van der Waals surface area (Å²) in [4.78, 5) is 97.7. The average Bonchev–Trinajstić information content (AvgIpc) is 1.59. The van der Waals surface area contributed by atoms with Gasteiger partial charge in [0.1, 0.15) is 38.3 Å². The van der Waals surface area contributed by atoms with Gasteiger partial charge < -0.3 is 9.67 Å². The van der Waals surface area contributed by atoms with Crippen LogP contribution in [0.2, 0.25) is 5.02 Å². The van der Waals surface area contributed by atoms with Gasteiger partial charge in [0.2, 0.25) is 10.0 Å². The van der Waals surface area contributed by atoms with Gasteiger partial charge in [0.05, 0.1) is 91.8 Å². The number of hydrogen-bond donors (Lipinski definition) is 2. The molecule has 0 saturated heterocycles. The number of non-ortho nitro benzene ring substituents is 4. The van der Waals surface area contributed by atoms with E-state index in [1.807, 2.05) is 60.3 Å². The second kappa shape index (κ2) is 38.7. The van der Waals surface area contributed by atoms with Crippen LogP contribution in [0.4, 0.5) is 22.7 Å². The van der Waals surface area contributed by atoms with E-state index in [0.29, 0.717) is 143 Å². The van der Waals surface area contributed by atoms with Crippen LogP contribution in [0, 0.1) is 40.5 Å². The fraction of sp³-hybridized carbons (Fsp3) is 0.225. The van der Waals surface area contributed by atoms with Crippen LogP contribution in [0.15, 0.2) is 220 Å². The molecule has 0 amide bonds. The van der Waals surface area contributed by atoms with E-state index in [1.54, 1.807) is 62.4 Å². The number of benzene rings is 8. The van der Waals surface area contributed by atoms with Crippen molar-refractivity contribution in [3.63, 3.8) is 0 Å². The molecule has 1 aromatic heterocycles. The Bertz CT molecular complexity index is 6100. The number of nitro groups is 4. The molecule has 13 rings (SSSR count). The van der Waals surface area contributed by atoms with Gasteiger partial charge in [-0.3, -0.25) is 64.6 Å². The van der Waals surface area contributed by atoms with Crippen LogP contribution in [0.1, 0.15) is 88.6 Å². The SMILES string of the molecule is CC(=O)CSC1=NC(c2cc(-c3ccc4c(c3)c(Cl)cn4C)cc([N+](=O)[O-])c2)=NC1.CC(=O)CSC1=NN=C(c2cc(-c3ccc(C(C)(C)O)cc3)cc([N+](=O)[O-])c2)C1.CC(=O)CSC1=NN=C(c2cc(-c3cccc(S(C)(=O)=O)c3)cc([N+](=O)[O-])c2)C1.CNS(=O)(=O)c1ccc(-c2cc(C3=NN=C(SCC(C)=O)C3)cc([N+](=O)[O-])c2)cc1. The summed E-state index contributed by atoms with van der Waals surface area (Å²) in [5.74, 6) is 1.85. The van der Waals surface area contributed by atoms with Crippen molar-refractivity contribution in [3.8, 4) is 44.5 Å². The zero-order chi connectivity index (χ0) is 85.7. The minimum Gasteiger partial charge on any atom is -0.386 e. The molecule has 9 aromatic rings. The molecule has 0 bridgehead atoms. The second-order valence-corrected chi connectivity index (χ2v) is 35.9. The van der Waals surface area contributed by atoms with Crippen LogP contribution in [-0.2, 0) is 51.7 Å². The van der Waals surface area contributed by atoms with Crippen molar-refractivity contribution in [2.24, 2.45) is 47.6 Å². The number of aromatic nitrogens is 1. The summed E-state index contributed by atoms with van der Waals surface area (Å²) in [6, 6.07) is 44.2. The van der Waals surface area contributed by atoms with E-state index >= 15 is 0 Å². The maximum Gasteiger partial charge on any atom is 0.270 e. The number of Topliss-reactive ketones (excluding diaryl/α,β-unsaturated/α-hetero) is 4. The number of amidine groups is 1. The van der Waals surface area contributed by atoms with E-state index in [9.17, 15) is 81.6 Å². The van der Waals surface area contributed by atoms with Gasteiger partial charge in [0, 0.05) is 120 Å². The molecule has 118 heavy (non-hydrogen) atoms. The number of fused-ring (bicyclic) bond motifs is 1. The molecule has 4 aliphatic heterocycles. The highest BCUT2D eigenvalue weighted by atomic mass is 35.5. The smallest absolute Gasteiger partial charge is 0.270 e. The Morgan fingerprint density at radius 3 is 1.23 bits per heavy atom. The number of carbonyl (C=O) groups excluding carboxylic acids is 4. The van der Waals surface area contributed by atoms with E-state index in [2.05, 4.69) is 45.3 Å². The first kappa shape index (κ1) is 88.8. The number of nitrogens with one attached hydrogen (secondary N) is 1. The summed E-state index contributed by atoms with van der Waals surface area (Å²) < 4.78 is 51.7. The molecular weight excluding hydrogens is 1660 g/mol. The third kappa shape index (κ3) is 23.9. The summed E-state index contributed by atoms with van der Waals surface area (Å²) >= 11 is 11.6. The third-order valence-corrected chi connectivity index (χ3v) is 24.8. The molecule has 0 radical (unpaired) electrons. The molecule has 608 valence electrons. The lowest BCUT2D eigenvalue weighted by molar-refractivity contribution is -0.385. The van der Waals surface area contributed by atoms with Crippen molar-refractivity contribution in [2.75, 3.05) is 42.9 Å². The summed E-state index contributed by atoms with van der Waals surface area (Å²) in [7, 11) is -3.75. The lowest BCUT2D eigenvalue weighted by Gasteiger charge is -2.18. The number of carbonyl (C=O) groups is 4. The van der Waals surface area contributed by atoms with Crippen molar-refractivity contribution in [3.05, 3.63) is 243 Å². The predicted molar refractivity (Wildman–Crippen MR) is 467 cm³/mol. The first-order valence-corrected chi connectivity index (χ1v) is 43.1. The van der Waals surface area contributed by atoms with Gasteiger partial charge in [0.15, 0.2) is 15.7 Å². The Balaban J connectivity index is 0.000000166. The Labute approximate surface area is 698 Å². The topological polar surface area (TPSA) is 445 Å². The van der Waals surface area contributed by atoms with Crippen LogP contribution in [0.3, 0.4) is 0 Å². The van der Waals surface area contributed by atoms with Crippen LogP contribution in [0.5, 0.6) is 0 Å². The molecule has 0 unspecified atom stereocenters. The standard InChI is InChI=1S/C21H17ClN4O3S.C21H21N3O4S.C19H18N4O5S2.C19H17N3O5S2/c1-12(27)11-30-20-9-23-21(24-20)15-5-14(6-16(7-15)26(28)29)13-3-4-19-17(8-13)18(22)10-25(19)2;1-13(25)12-29-20-11-19(22-23-20)16-8-15(9-18(10-16)24(27)28)14-4-6-17(7-5-14)21(2,3)26;1-12(24)11-29-19-10-18(21-22-19)15-7-14(8-16(9-15)23(25)26)13-3-5-17(6-4-13)30(27,28)20-2;1-12(23)11-28-19-10-18(20-21-19)15-6-14(7-16(8-15)22(24)25)13-4-3-5-17(9-13)29(2,26)27/h3-8,10H,9,11H2,1-2H3;4-10,26H,11-12H2,1-3H3;3-9,20H,10-11H2,1-2H3;3-9H,10-11H2,1-2H3. The largest absolute Gasteiger partial charge is 0.386 e. The van der Waals surface area contributed by atoms with Gasteiger partial charge in [0.25, 0.3) is 22.7 Å². The normalized spacial score (nSPS) is 13.7. The summed E-state index contributed by atoms with van der Waals surface area (Å²) in [5, 5.41) is 84.8. The van der Waals surface area contributed by atoms with E-state index in [-0.39, 0.29) is 55.7 Å². The Kier molecular flexibility index (Phi) is 29.1. The monoisotopic (exact) mass is 1730 g/mol. The maximum atomic E-state index is 11.9. The highest BCUT2D eigenvalue weighted by molar-refractivity contribution is 8.15. The Hall–Kier alpha value is -11.6. The lowest BCUT2D eigenvalue weighted by atomic mass is 9.94. The quantitative estimate of drug-likeness (QED) is 0.0419. The van der Waals surface area contributed by atoms with Crippen molar-refractivity contribution in [1.82, 2.24) is 9.29 Å². The van der Waals surface area contributed by atoms with E-state index < -0.39 is 45.2 Å². The highest BCUT2D eigenvalue weighted by Gasteiger charge is 2.27. The molecule has 8 aromatic carbocycles. The fourth-order valence-corrected chi connectivity index (χ4v) is 16.1. The molecule has 0 saturated carbocycles. The van der Waals surface area contributed by atoms with Gasteiger partial charge in [-0.1, -0.05) is 66.2 Å². The van der Waals surface area contributed by atoms with E-state index in [0.717, 1.165) is 43.9 Å². The minimum absolute atomic E-state index is 0.0227. The fourth-order valence-electron chi connectivity index (χ4n) is 11.6. The lowest BCUT2D eigenvalue weighted by Crippen LogP contribution is -2.18. The predicted octanol–water partition coefficient (Wildman–Crippen LogP) is 15.7. The number of hydrogen-bond acceptors (Lipinski definition) is 29. The number of aliphatic imine (C=N–C) groups is 2. The first-order chi connectivity index (χ1) is 55.8. The molecule has 2 N–H and O–H groups in total. The summed E-state index contributed by atoms with van der Waals surface area (Å²) in [6.45, 7) is 9.79. The highest BCUT2D eigenvalue weighted by Crippen LogP contribution is 2.37. The van der Waals surface area contributed by atoms with Crippen LogP contribution in [-0.4, -0.2) is 155 Å². The molecule has 4 aliphatic rings. The third-order valence-electron chi connectivity index (χ3n) is 17.5. The molecule has 0 spiro atoms. The van der Waals surface area contributed by atoms with Crippen LogP contribution < -0.4 is 4.72 Å². The number of nitrogens with zero attached hydrogens (tertiary/aromatic N) is 13. The number of ketones is 4. The van der Waals surface area contributed by atoms with Gasteiger partial charge in [-0.2, -0.15) is 15.3 Å². The number of sulfone groups is 1. The first-order valence-electron chi connectivity index (χ1n) is 35.4. The summed E-state index contributed by atoms with van der Waals surface area (Å²) in [5.41, 5.74) is 9.71. The van der Waals surface area contributed by atoms with Crippen LogP contribution >= 0.6 is 58.6 Å². The van der Waals surface area contributed by atoms with E-state index in [4.69, 9.17) is 11.6 Å². The number of aliphatic hydroxyl groups is 1. The van der Waals surface area contributed by atoms with Gasteiger partial charge >= 0.3 is 0 Å². The van der Waals surface area contributed by atoms with E-state index in [1.165, 1.54) is 155 Å². The number of aryl methyl sites for hydroxylation is 1. The Morgan fingerprint density at radius 1 is 0.475 bits per heavy atom. The zero-order valence-corrected chi connectivity index (χ0v) is 70.1. The second-order valence-electron chi connectivity index (χ2n) is 27.4. The number of nitro benzene ring substituents is 4. The number of sulfonamides is 1. The molecule has 38 heteroatoms. The zero-order valence-electron chi connectivity index (χ0n) is 64.4. The Morgan fingerprint density at radius 2 is 0.839 bits per heavy atom. The van der Waals surface area contributed by atoms with Crippen molar-refractivity contribution in [2.45, 2.75) is 76.2 Å². The number of halogens is 1. The molecule has 31 nitrogen and oxygen atoms in total. The molecular formula is C80H73ClN14O17S6. The minimum atomic E-state index is -3.58. The average molecular weight is 1730 g/mol. The van der Waals surface area contributed by atoms with Gasteiger partial charge in [-0.25, -0.2) is 26.6 Å². The number of thioether (sulfide) groups is 4. The molecule has 5 heterocycles. The number of rotatable bonds is 24. The van der Waals surface area contributed by atoms with Gasteiger partial charge in [-0.05, 0) is 159 Å². The molecule has 0 aliphatic carbocycles. The maximum absolute atomic E-state index is 11.9. The van der Waals surface area contributed by atoms with Gasteiger partial charge in [-0.15, -0.1) is 62.4 Å². The van der Waals surface area contributed by atoms with Crippen molar-refractivity contribution in [1.29, 1.82) is 0 Å². The molecule has 0 atom stereocenters. The van der Waals surface area contributed by atoms with Crippen molar-refractivity contribution >= 4 is 178 Å². The molecule has 0 fully saturated rings. The summed E-state index contributed by atoms with van der Waals surface area (Å²) in [6.07, 6.45) is 4.14. The van der Waals surface area contributed by atoms with Crippen LogP contribution in [0.25, 0.3) is 55.4 Å². The van der Waals surface area contributed by atoms with Crippen molar-refractivity contribution < 1.29 is 60.8 Å².